The Bertz CT molecular complexity index is 101. The normalized spacial score (nSPS) is 49.7. The summed E-state index contributed by atoms with van der Waals surface area (Å²) in [5, 5.41) is 3.54. The molecule has 2 fully saturated rings. The van der Waals surface area contributed by atoms with Crippen LogP contribution in [-0.2, 0) is 0 Å². The molecule has 2 aliphatic heterocycles. The topological polar surface area (TPSA) is 38.0 Å². The Morgan fingerprint density at radius 1 is 1.11 bits per heavy atom. The van der Waals surface area contributed by atoms with Crippen molar-refractivity contribution >= 4 is 0 Å². The summed E-state index contributed by atoms with van der Waals surface area (Å²) in [6.45, 7) is 0. The molecule has 0 aromatic heterocycles. The molecule has 9 heavy (non-hydrogen) atoms. The molecule has 0 aromatic carbocycles. The Hall–Kier alpha value is -0.0800. The van der Waals surface area contributed by atoms with Gasteiger partial charge in [-0.15, -0.1) is 0 Å². The zero-order chi connectivity index (χ0) is 6.27. The van der Waals surface area contributed by atoms with Crippen LogP contribution in [0.25, 0.3) is 0 Å². The fourth-order valence-corrected chi connectivity index (χ4v) is 2.10. The number of rotatable bonds is 0. The highest BCUT2D eigenvalue weighted by Crippen LogP contribution is 2.25. The molecule has 2 bridgehead atoms. The van der Waals surface area contributed by atoms with E-state index in [0.29, 0.717) is 6.04 Å². The molecular weight excluding hydrogens is 112 g/mol. The van der Waals surface area contributed by atoms with Gasteiger partial charge in [0.05, 0.1) is 0 Å². The lowest BCUT2D eigenvalue weighted by atomic mass is 10.0. The average Bonchev–Trinajstić information content (AvgIpc) is 2.11. The minimum Gasteiger partial charge on any atom is -0.328 e. The maximum atomic E-state index is 5.82. The molecule has 0 spiro atoms. The maximum absolute atomic E-state index is 5.82. The van der Waals surface area contributed by atoms with Crippen LogP contribution in [0.15, 0.2) is 0 Å². The van der Waals surface area contributed by atoms with Gasteiger partial charge in [0.15, 0.2) is 0 Å². The summed E-state index contributed by atoms with van der Waals surface area (Å²) in [5.41, 5.74) is 5.82. The Balaban J connectivity index is 2.03. The largest absolute Gasteiger partial charge is 0.328 e. The lowest BCUT2D eigenvalue weighted by molar-refractivity contribution is 0.363. The second-order valence-electron chi connectivity index (χ2n) is 3.37. The van der Waals surface area contributed by atoms with E-state index in [9.17, 15) is 0 Å². The molecule has 0 amide bonds. The predicted octanol–water partition coefficient (Wildman–Crippen LogP) is 0.228. The number of hydrogen-bond acceptors (Lipinski definition) is 2. The number of nitrogens with two attached hydrogens (primary N) is 1. The number of hydrogen-bond donors (Lipinski definition) is 2. The smallest absolute Gasteiger partial charge is 0.00849 e. The van der Waals surface area contributed by atoms with Crippen LogP contribution in [0, 0.1) is 0 Å². The third-order valence-corrected chi connectivity index (χ3v) is 2.51. The SMILES string of the molecule is NC1CC2CC[C@@H](C1)N2. The lowest BCUT2D eigenvalue weighted by Gasteiger charge is -2.25. The Morgan fingerprint density at radius 3 is 2.22 bits per heavy atom. The van der Waals surface area contributed by atoms with Crippen molar-refractivity contribution in [1.29, 1.82) is 0 Å². The van der Waals surface area contributed by atoms with Crippen molar-refractivity contribution in [2.24, 2.45) is 5.73 Å². The van der Waals surface area contributed by atoms with Crippen molar-refractivity contribution < 1.29 is 0 Å². The van der Waals surface area contributed by atoms with E-state index in [1.165, 1.54) is 25.7 Å². The molecule has 2 heteroatoms. The third kappa shape index (κ3) is 0.970. The van der Waals surface area contributed by atoms with Crippen molar-refractivity contribution in [3.8, 4) is 0 Å². The summed E-state index contributed by atoms with van der Waals surface area (Å²) in [5.74, 6) is 0. The second-order valence-corrected chi connectivity index (χ2v) is 3.37. The van der Waals surface area contributed by atoms with Gasteiger partial charge in [0, 0.05) is 18.1 Å². The van der Waals surface area contributed by atoms with Crippen molar-refractivity contribution in [3.05, 3.63) is 0 Å². The summed E-state index contributed by atoms with van der Waals surface area (Å²) < 4.78 is 0. The van der Waals surface area contributed by atoms with Crippen molar-refractivity contribution in [2.75, 3.05) is 0 Å². The molecule has 3 atom stereocenters. The Labute approximate surface area is 55.8 Å². The summed E-state index contributed by atoms with van der Waals surface area (Å²) >= 11 is 0. The summed E-state index contributed by atoms with van der Waals surface area (Å²) in [7, 11) is 0. The predicted molar refractivity (Wildman–Crippen MR) is 37.2 cm³/mol. The molecule has 2 rings (SSSR count). The standard InChI is InChI=1S/C7H14N2/c8-5-3-6-1-2-7(4-5)9-6/h5-7,9H,1-4,8H2/t5?,6-,7?/m0/s1. The molecule has 2 aliphatic rings. The van der Waals surface area contributed by atoms with Crippen LogP contribution in [-0.4, -0.2) is 18.1 Å². The molecule has 0 radical (unpaired) electrons. The monoisotopic (exact) mass is 126 g/mol. The minimum atomic E-state index is 0.490. The number of nitrogens with one attached hydrogen (secondary N) is 1. The van der Waals surface area contributed by atoms with E-state index in [1.54, 1.807) is 0 Å². The number of fused-ring (bicyclic) bond motifs is 2. The summed E-state index contributed by atoms with van der Waals surface area (Å²) in [6, 6.07) is 2.02. The Morgan fingerprint density at radius 2 is 1.67 bits per heavy atom. The van der Waals surface area contributed by atoms with Crippen LogP contribution < -0.4 is 11.1 Å². The first-order chi connectivity index (χ1) is 4.34. The zero-order valence-corrected chi connectivity index (χ0v) is 5.64. The van der Waals surface area contributed by atoms with Gasteiger partial charge in [-0.05, 0) is 25.7 Å². The van der Waals surface area contributed by atoms with Gasteiger partial charge < -0.3 is 11.1 Å². The molecule has 0 saturated carbocycles. The van der Waals surface area contributed by atoms with Gasteiger partial charge in [0.1, 0.15) is 0 Å². The molecular formula is C7H14N2. The lowest BCUT2D eigenvalue weighted by Crippen LogP contribution is -2.43. The third-order valence-electron chi connectivity index (χ3n) is 2.51. The van der Waals surface area contributed by atoms with Gasteiger partial charge in [0.2, 0.25) is 0 Å². The molecule has 2 nitrogen and oxygen atoms in total. The fourth-order valence-electron chi connectivity index (χ4n) is 2.10. The zero-order valence-electron chi connectivity index (χ0n) is 5.64. The number of piperidine rings is 1. The summed E-state index contributed by atoms with van der Waals surface area (Å²) in [4.78, 5) is 0. The van der Waals surface area contributed by atoms with Crippen LogP contribution in [0.1, 0.15) is 25.7 Å². The fraction of sp³-hybridized carbons (Fsp3) is 1.00. The van der Waals surface area contributed by atoms with E-state index < -0.39 is 0 Å². The van der Waals surface area contributed by atoms with Crippen LogP contribution in [0.4, 0.5) is 0 Å². The van der Waals surface area contributed by atoms with Crippen LogP contribution in [0.3, 0.4) is 0 Å². The molecule has 52 valence electrons. The maximum Gasteiger partial charge on any atom is 0.00849 e. The highest BCUT2D eigenvalue weighted by Gasteiger charge is 2.31. The Kier molecular flexibility index (Phi) is 1.24. The molecule has 2 saturated heterocycles. The van der Waals surface area contributed by atoms with Crippen molar-refractivity contribution in [2.45, 2.75) is 43.8 Å². The van der Waals surface area contributed by atoms with Gasteiger partial charge in [0.25, 0.3) is 0 Å². The highest BCUT2D eigenvalue weighted by molar-refractivity contribution is 4.93. The van der Waals surface area contributed by atoms with E-state index in [0.717, 1.165) is 12.1 Å². The first-order valence-electron chi connectivity index (χ1n) is 3.86. The molecule has 0 aromatic rings. The first kappa shape index (κ1) is 5.69. The van der Waals surface area contributed by atoms with Crippen LogP contribution in [0.2, 0.25) is 0 Å². The quantitative estimate of drug-likeness (QED) is 0.487. The van der Waals surface area contributed by atoms with Gasteiger partial charge in [-0.1, -0.05) is 0 Å². The highest BCUT2D eigenvalue weighted by atomic mass is 15.0. The van der Waals surface area contributed by atoms with E-state index in [4.69, 9.17) is 5.73 Å². The van der Waals surface area contributed by atoms with Gasteiger partial charge in [-0.25, -0.2) is 0 Å². The van der Waals surface area contributed by atoms with E-state index in [1.807, 2.05) is 0 Å². The van der Waals surface area contributed by atoms with Crippen molar-refractivity contribution in [3.63, 3.8) is 0 Å². The van der Waals surface area contributed by atoms with E-state index in [-0.39, 0.29) is 0 Å². The van der Waals surface area contributed by atoms with E-state index in [2.05, 4.69) is 5.32 Å². The second kappa shape index (κ2) is 1.96. The van der Waals surface area contributed by atoms with Crippen molar-refractivity contribution in [1.82, 2.24) is 5.32 Å². The minimum absolute atomic E-state index is 0.490. The van der Waals surface area contributed by atoms with E-state index >= 15 is 0 Å². The van der Waals surface area contributed by atoms with Gasteiger partial charge >= 0.3 is 0 Å². The molecule has 2 heterocycles. The summed E-state index contributed by atoms with van der Waals surface area (Å²) in [6.07, 6.45) is 5.13. The molecule has 3 N–H and O–H groups in total. The first-order valence-corrected chi connectivity index (χ1v) is 3.86. The van der Waals surface area contributed by atoms with Gasteiger partial charge in [-0.3, -0.25) is 0 Å². The van der Waals surface area contributed by atoms with Gasteiger partial charge in [-0.2, -0.15) is 0 Å². The van der Waals surface area contributed by atoms with Crippen LogP contribution >= 0.6 is 0 Å². The average molecular weight is 126 g/mol. The molecule has 0 aliphatic carbocycles. The molecule has 2 unspecified atom stereocenters. The van der Waals surface area contributed by atoms with Crippen LogP contribution in [0.5, 0.6) is 0 Å².